The largest absolute Gasteiger partial charge is 0.387 e. The molecule has 0 saturated carbocycles. The zero-order chi connectivity index (χ0) is 13.8. The van der Waals surface area contributed by atoms with E-state index in [9.17, 15) is 9.50 Å². The van der Waals surface area contributed by atoms with E-state index in [4.69, 9.17) is 23.2 Å². The highest BCUT2D eigenvalue weighted by Crippen LogP contribution is 2.20. The molecule has 0 aliphatic carbocycles. The van der Waals surface area contributed by atoms with Crippen molar-refractivity contribution in [3.8, 4) is 0 Å². The standard InChI is InChI=1S/C14H12Cl2FNO/c15-10-3-1-9(2-4-10)14(19)8-18-13-6-11(16)5-12(17)7-13/h1-7,14,18-19H,8H2. The number of aliphatic hydroxyl groups excluding tert-OH is 1. The van der Waals surface area contributed by atoms with E-state index >= 15 is 0 Å². The average Bonchev–Trinajstić information content (AvgIpc) is 2.36. The second kappa shape index (κ2) is 6.24. The lowest BCUT2D eigenvalue weighted by Gasteiger charge is -2.13. The van der Waals surface area contributed by atoms with E-state index in [2.05, 4.69) is 5.32 Å². The van der Waals surface area contributed by atoms with Gasteiger partial charge in [0.2, 0.25) is 0 Å². The minimum Gasteiger partial charge on any atom is -0.387 e. The fourth-order valence-electron chi connectivity index (χ4n) is 1.67. The van der Waals surface area contributed by atoms with Crippen molar-refractivity contribution < 1.29 is 9.50 Å². The van der Waals surface area contributed by atoms with Crippen molar-refractivity contribution in [2.45, 2.75) is 6.10 Å². The third kappa shape index (κ3) is 4.10. The number of rotatable bonds is 4. The second-order valence-electron chi connectivity index (χ2n) is 4.11. The summed E-state index contributed by atoms with van der Waals surface area (Å²) >= 11 is 11.5. The Morgan fingerprint density at radius 2 is 1.74 bits per heavy atom. The number of nitrogens with one attached hydrogen (secondary N) is 1. The van der Waals surface area contributed by atoms with Crippen LogP contribution in [0.3, 0.4) is 0 Å². The van der Waals surface area contributed by atoms with Crippen LogP contribution in [0.25, 0.3) is 0 Å². The predicted octanol–water partition coefficient (Wildman–Crippen LogP) is 4.28. The normalized spacial score (nSPS) is 12.2. The zero-order valence-corrected chi connectivity index (χ0v) is 11.4. The van der Waals surface area contributed by atoms with Gasteiger partial charge < -0.3 is 10.4 Å². The van der Waals surface area contributed by atoms with Gasteiger partial charge in [-0.05, 0) is 35.9 Å². The van der Waals surface area contributed by atoms with Gasteiger partial charge in [-0.25, -0.2) is 4.39 Å². The summed E-state index contributed by atoms with van der Waals surface area (Å²) in [5, 5.41) is 13.8. The highest BCUT2D eigenvalue weighted by molar-refractivity contribution is 6.31. The molecule has 0 heterocycles. The van der Waals surface area contributed by atoms with Crippen LogP contribution in [-0.4, -0.2) is 11.7 Å². The Morgan fingerprint density at radius 3 is 2.37 bits per heavy atom. The van der Waals surface area contributed by atoms with Crippen LogP contribution >= 0.6 is 23.2 Å². The van der Waals surface area contributed by atoms with Gasteiger partial charge in [0, 0.05) is 22.3 Å². The first-order chi connectivity index (χ1) is 9.04. The number of benzene rings is 2. The van der Waals surface area contributed by atoms with Gasteiger partial charge in [-0.3, -0.25) is 0 Å². The minimum absolute atomic E-state index is 0.251. The molecule has 0 saturated heterocycles. The summed E-state index contributed by atoms with van der Waals surface area (Å²) in [5.41, 5.74) is 1.26. The summed E-state index contributed by atoms with van der Waals surface area (Å²) in [5.74, 6) is -0.420. The summed E-state index contributed by atoms with van der Waals surface area (Å²) in [6.45, 7) is 0.251. The van der Waals surface area contributed by atoms with E-state index in [0.29, 0.717) is 15.7 Å². The maximum atomic E-state index is 13.1. The Bertz CT molecular complexity index is 540. The third-order valence-electron chi connectivity index (χ3n) is 2.62. The summed E-state index contributed by atoms with van der Waals surface area (Å²) in [6.07, 6.45) is -0.709. The molecule has 2 aromatic rings. The number of hydrogen-bond donors (Lipinski definition) is 2. The molecule has 0 aromatic heterocycles. The van der Waals surface area contributed by atoms with Crippen molar-refractivity contribution >= 4 is 28.9 Å². The van der Waals surface area contributed by atoms with Crippen LogP contribution in [-0.2, 0) is 0 Å². The van der Waals surface area contributed by atoms with Crippen molar-refractivity contribution in [2.75, 3.05) is 11.9 Å². The molecule has 5 heteroatoms. The SMILES string of the molecule is OC(CNc1cc(F)cc(Cl)c1)c1ccc(Cl)cc1. The molecule has 2 aromatic carbocycles. The van der Waals surface area contributed by atoms with Gasteiger partial charge in [-0.2, -0.15) is 0 Å². The number of hydrogen-bond acceptors (Lipinski definition) is 2. The number of halogens is 3. The Balaban J connectivity index is 1.99. The molecule has 19 heavy (non-hydrogen) atoms. The topological polar surface area (TPSA) is 32.3 Å². The van der Waals surface area contributed by atoms with Gasteiger partial charge in [0.1, 0.15) is 5.82 Å². The Morgan fingerprint density at radius 1 is 1.05 bits per heavy atom. The Hall–Kier alpha value is -1.29. The van der Waals surface area contributed by atoms with Gasteiger partial charge >= 0.3 is 0 Å². The number of aliphatic hydroxyl groups is 1. The molecule has 0 radical (unpaired) electrons. The van der Waals surface area contributed by atoms with Crippen LogP contribution in [0.15, 0.2) is 42.5 Å². The molecule has 2 nitrogen and oxygen atoms in total. The molecule has 0 fully saturated rings. The summed E-state index contributed by atoms with van der Waals surface area (Å²) < 4.78 is 13.1. The van der Waals surface area contributed by atoms with E-state index in [-0.39, 0.29) is 6.54 Å². The van der Waals surface area contributed by atoms with Gasteiger partial charge in [-0.1, -0.05) is 35.3 Å². The lowest BCUT2D eigenvalue weighted by molar-refractivity contribution is 0.191. The summed E-state index contributed by atoms with van der Waals surface area (Å²) in [7, 11) is 0. The van der Waals surface area contributed by atoms with Gasteiger partial charge in [0.05, 0.1) is 6.10 Å². The monoisotopic (exact) mass is 299 g/mol. The highest BCUT2D eigenvalue weighted by Gasteiger charge is 2.07. The maximum Gasteiger partial charge on any atom is 0.126 e. The smallest absolute Gasteiger partial charge is 0.126 e. The molecule has 1 unspecified atom stereocenters. The molecule has 0 bridgehead atoms. The highest BCUT2D eigenvalue weighted by atomic mass is 35.5. The van der Waals surface area contributed by atoms with Crippen molar-refractivity contribution in [2.24, 2.45) is 0 Å². The lowest BCUT2D eigenvalue weighted by Crippen LogP contribution is -2.12. The second-order valence-corrected chi connectivity index (χ2v) is 4.98. The molecule has 1 atom stereocenters. The van der Waals surface area contributed by atoms with E-state index in [1.54, 1.807) is 30.3 Å². The van der Waals surface area contributed by atoms with E-state index in [1.807, 2.05) is 0 Å². The van der Waals surface area contributed by atoms with E-state index in [0.717, 1.165) is 5.56 Å². The Labute approximate surface area is 120 Å². The van der Waals surface area contributed by atoms with Gasteiger partial charge in [0.15, 0.2) is 0 Å². The molecule has 100 valence electrons. The first-order valence-electron chi connectivity index (χ1n) is 5.68. The van der Waals surface area contributed by atoms with Crippen molar-refractivity contribution in [3.63, 3.8) is 0 Å². The molecular weight excluding hydrogens is 288 g/mol. The first kappa shape index (κ1) is 14.1. The minimum atomic E-state index is -0.709. The van der Waals surface area contributed by atoms with Crippen LogP contribution in [0.2, 0.25) is 10.0 Å². The van der Waals surface area contributed by atoms with Gasteiger partial charge in [-0.15, -0.1) is 0 Å². The predicted molar refractivity (Wildman–Crippen MR) is 76.3 cm³/mol. The fraction of sp³-hybridized carbons (Fsp3) is 0.143. The fourth-order valence-corrected chi connectivity index (χ4v) is 2.02. The quantitative estimate of drug-likeness (QED) is 0.883. The summed E-state index contributed by atoms with van der Waals surface area (Å²) in [6, 6.07) is 11.0. The lowest BCUT2D eigenvalue weighted by atomic mass is 10.1. The molecular formula is C14H12Cl2FNO. The van der Waals surface area contributed by atoms with Crippen LogP contribution in [0.1, 0.15) is 11.7 Å². The van der Waals surface area contributed by atoms with Crippen LogP contribution in [0.4, 0.5) is 10.1 Å². The molecule has 0 spiro atoms. The van der Waals surface area contributed by atoms with Crippen LogP contribution < -0.4 is 5.32 Å². The Kier molecular flexibility index (Phi) is 4.64. The van der Waals surface area contributed by atoms with Crippen molar-refractivity contribution in [3.05, 3.63) is 63.9 Å². The van der Waals surface area contributed by atoms with Crippen molar-refractivity contribution in [1.29, 1.82) is 0 Å². The summed E-state index contributed by atoms with van der Waals surface area (Å²) in [4.78, 5) is 0. The number of anilines is 1. The van der Waals surface area contributed by atoms with Gasteiger partial charge in [0.25, 0.3) is 0 Å². The van der Waals surface area contributed by atoms with Crippen molar-refractivity contribution in [1.82, 2.24) is 0 Å². The maximum absolute atomic E-state index is 13.1. The molecule has 2 rings (SSSR count). The zero-order valence-electron chi connectivity index (χ0n) is 9.91. The average molecular weight is 300 g/mol. The molecule has 0 amide bonds. The third-order valence-corrected chi connectivity index (χ3v) is 3.09. The van der Waals surface area contributed by atoms with E-state index < -0.39 is 11.9 Å². The van der Waals surface area contributed by atoms with Crippen LogP contribution in [0.5, 0.6) is 0 Å². The van der Waals surface area contributed by atoms with E-state index in [1.165, 1.54) is 12.1 Å². The molecule has 0 aliphatic rings. The molecule has 0 aliphatic heterocycles. The first-order valence-corrected chi connectivity index (χ1v) is 6.43. The molecule has 2 N–H and O–H groups in total. The van der Waals surface area contributed by atoms with Crippen LogP contribution in [0, 0.1) is 5.82 Å².